The maximum absolute atomic E-state index is 13.2. The van der Waals surface area contributed by atoms with Gasteiger partial charge in [-0.1, -0.05) is 26.8 Å². The Morgan fingerprint density at radius 1 is 1.31 bits per heavy atom. The summed E-state index contributed by atoms with van der Waals surface area (Å²) in [4.78, 5) is 0. The van der Waals surface area contributed by atoms with E-state index in [1.165, 1.54) is 6.07 Å². The lowest BCUT2D eigenvalue weighted by Crippen LogP contribution is -2.38. The van der Waals surface area contributed by atoms with E-state index in [0.29, 0.717) is 0 Å². The monoisotopic (exact) mass is 228 g/mol. The van der Waals surface area contributed by atoms with Gasteiger partial charge < -0.3 is 9.68 Å². The fourth-order valence-electron chi connectivity index (χ4n) is 1.12. The molecule has 0 amide bonds. The largest absolute Gasteiger partial charge is 0.494 e. The minimum atomic E-state index is -1.36. The second-order valence-corrected chi connectivity index (χ2v) is 4.89. The number of halogens is 2. The van der Waals surface area contributed by atoms with Gasteiger partial charge in [-0.05, 0) is 11.5 Å². The first-order valence-electron chi connectivity index (χ1n) is 5.04. The Morgan fingerprint density at radius 3 is 2.44 bits per heavy atom. The standard InChI is InChI=1S/C11H15BF2O2/c1-11(2,3)7-16-12(15)9-5-4-8(13)6-10(9)14/h4-6,15H,7H2,1-3H3. The summed E-state index contributed by atoms with van der Waals surface area (Å²) in [5, 5.41) is 9.57. The molecular weight excluding hydrogens is 213 g/mol. The van der Waals surface area contributed by atoms with Gasteiger partial charge in [-0.3, -0.25) is 0 Å². The molecule has 1 aromatic rings. The van der Waals surface area contributed by atoms with Crippen molar-refractivity contribution in [3.8, 4) is 0 Å². The van der Waals surface area contributed by atoms with Crippen LogP contribution in [-0.4, -0.2) is 18.7 Å². The summed E-state index contributed by atoms with van der Waals surface area (Å²) in [6.07, 6.45) is 0. The van der Waals surface area contributed by atoms with Crippen molar-refractivity contribution in [2.24, 2.45) is 5.41 Å². The second kappa shape index (κ2) is 4.93. The molecule has 5 heteroatoms. The van der Waals surface area contributed by atoms with Crippen molar-refractivity contribution in [2.75, 3.05) is 6.61 Å². The van der Waals surface area contributed by atoms with Crippen LogP contribution in [0.3, 0.4) is 0 Å². The third-order valence-corrected chi connectivity index (χ3v) is 1.90. The zero-order chi connectivity index (χ0) is 12.3. The van der Waals surface area contributed by atoms with Crippen molar-refractivity contribution in [1.82, 2.24) is 0 Å². The number of rotatable bonds is 3. The molecule has 0 aliphatic carbocycles. The van der Waals surface area contributed by atoms with E-state index < -0.39 is 18.8 Å². The molecule has 88 valence electrons. The van der Waals surface area contributed by atoms with Crippen molar-refractivity contribution >= 4 is 12.6 Å². The maximum Gasteiger partial charge on any atom is 0.494 e. The first-order valence-corrected chi connectivity index (χ1v) is 5.04. The molecule has 0 fully saturated rings. The van der Waals surface area contributed by atoms with Crippen LogP contribution < -0.4 is 5.46 Å². The first-order chi connectivity index (χ1) is 7.29. The molecule has 1 rings (SSSR count). The molecule has 0 radical (unpaired) electrons. The van der Waals surface area contributed by atoms with Gasteiger partial charge in [-0.15, -0.1) is 0 Å². The third-order valence-electron chi connectivity index (χ3n) is 1.90. The summed E-state index contributed by atoms with van der Waals surface area (Å²) >= 11 is 0. The van der Waals surface area contributed by atoms with Gasteiger partial charge >= 0.3 is 7.12 Å². The molecule has 0 aliphatic rings. The summed E-state index contributed by atoms with van der Waals surface area (Å²) in [5.74, 6) is -1.48. The molecule has 2 nitrogen and oxygen atoms in total. The Balaban J connectivity index is 2.70. The highest BCUT2D eigenvalue weighted by molar-refractivity contribution is 6.60. The van der Waals surface area contributed by atoms with Crippen molar-refractivity contribution in [1.29, 1.82) is 0 Å². The van der Waals surface area contributed by atoms with Gasteiger partial charge in [0.25, 0.3) is 0 Å². The van der Waals surface area contributed by atoms with Crippen LogP contribution in [0.5, 0.6) is 0 Å². The molecule has 0 spiro atoms. The van der Waals surface area contributed by atoms with Gasteiger partial charge in [0.05, 0.1) is 0 Å². The van der Waals surface area contributed by atoms with E-state index in [1.807, 2.05) is 20.8 Å². The van der Waals surface area contributed by atoms with E-state index >= 15 is 0 Å². The van der Waals surface area contributed by atoms with E-state index in [4.69, 9.17) is 4.65 Å². The molecule has 0 bridgehead atoms. The molecule has 0 atom stereocenters. The van der Waals surface area contributed by atoms with Crippen molar-refractivity contribution < 1.29 is 18.5 Å². The lowest BCUT2D eigenvalue weighted by Gasteiger charge is -2.19. The molecule has 16 heavy (non-hydrogen) atoms. The van der Waals surface area contributed by atoms with Gasteiger partial charge in [0, 0.05) is 18.1 Å². The number of benzene rings is 1. The SMILES string of the molecule is CC(C)(C)COB(O)c1ccc(F)cc1F. The van der Waals surface area contributed by atoms with Crippen LogP contribution in [0.2, 0.25) is 0 Å². The van der Waals surface area contributed by atoms with Crippen LogP contribution in [0.25, 0.3) is 0 Å². The summed E-state index contributed by atoms with van der Waals surface area (Å²) in [5.41, 5.74) is -0.178. The van der Waals surface area contributed by atoms with Crippen LogP contribution in [0.15, 0.2) is 18.2 Å². The van der Waals surface area contributed by atoms with Crippen molar-refractivity contribution in [2.45, 2.75) is 20.8 Å². The third kappa shape index (κ3) is 3.91. The molecule has 0 aliphatic heterocycles. The van der Waals surface area contributed by atoms with Crippen LogP contribution in [0.4, 0.5) is 8.78 Å². The summed E-state index contributed by atoms with van der Waals surface area (Å²) < 4.78 is 31.0. The summed E-state index contributed by atoms with van der Waals surface area (Å²) in [6.45, 7) is 6.08. The predicted octanol–water partition coefficient (Wildman–Crippen LogP) is 1.72. The van der Waals surface area contributed by atoms with Crippen molar-refractivity contribution in [3.63, 3.8) is 0 Å². The molecular formula is C11H15BF2O2. The number of hydrogen-bond acceptors (Lipinski definition) is 2. The zero-order valence-electron chi connectivity index (χ0n) is 9.63. The van der Waals surface area contributed by atoms with E-state index in [9.17, 15) is 13.8 Å². The maximum atomic E-state index is 13.2. The molecule has 0 saturated carbocycles. The fraction of sp³-hybridized carbons (Fsp3) is 0.455. The first kappa shape index (κ1) is 13.1. The topological polar surface area (TPSA) is 29.5 Å². The van der Waals surface area contributed by atoms with E-state index in [0.717, 1.165) is 12.1 Å². The molecule has 0 heterocycles. The van der Waals surface area contributed by atoms with Gasteiger partial charge in [0.15, 0.2) is 0 Å². The van der Waals surface area contributed by atoms with Crippen LogP contribution in [0.1, 0.15) is 20.8 Å². The smallest absolute Gasteiger partial charge is 0.423 e. The second-order valence-electron chi connectivity index (χ2n) is 4.89. The lowest BCUT2D eigenvalue weighted by atomic mass is 9.78. The molecule has 1 N–H and O–H groups in total. The van der Waals surface area contributed by atoms with E-state index in [2.05, 4.69) is 0 Å². The van der Waals surface area contributed by atoms with Crippen molar-refractivity contribution in [3.05, 3.63) is 29.8 Å². The zero-order valence-corrected chi connectivity index (χ0v) is 9.63. The minimum Gasteiger partial charge on any atom is -0.423 e. The summed E-state index contributed by atoms with van der Waals surface area (Å²) in [7, 11) is -1.36. The minimum absolute atomic E-state index is 0.0503. The van der Waals surface area contributed by atoms with E-state index in [1.54, 1.807) is 0 Å². The predicted molar refractivity (Wildman–Crippen MR) is 59.4 cm³/mol. The Labute approximate surface area is 94.4 Å². The lowest BCUT2D eigenvalue weighted by molar-refractivity contribution is 0.174. The van der Waals surface area contributed by atoms with Crippen LogP contribution in [0, 0.1) is 17.0 Å². The molecule has 1 aromatic carbocycles. The van der Waals surface area contributed by atoms with Crippen LogP contribution >= 0.6 is 0 Å². The highest BCUT2D eigenvalue weighted by atomic mass is 19.1. The van der Waals surface area contributed by atoms with Crippen LogP contribution in [-0.2, 0) is 4.65 Å². The average molecular weight is 228 g/mol. The van der Waals surface area contributed by atoms with E-state index in [-0.39, 0.29) is 17.5 Å². The Hall–Kier alpha value is -0.935. The Bertz CT molecular complexity index is 363. The average Bonchev–Trinajstić information content (AvgIpc) is 2.13. The highest BCUT2D eigenvalue weighted by Crippen LogP contribution is 2.13. The quantitative estimate of drug-likeness (QED) is 0.798. The van der Waals surface area contributed by atoms with Gasteiger partial charge in [-0.25, -0.2) is 8.78 Å². The normalized spacial score (nSPS) is 11.6. The Kier molecular flexibility index (Phi) is 4.05. The summed E-state index contributed by atoms with van der Waals surface area (Å²) in [6, 6.07) is 2.99. The molecule has 0 saturated heterocycles. The molecule has 0 unspecified atom stereocenters. The van der Waals surface area contributed by atoms with Gasteiger partial charge in [0.1, 0.15) is 11.6 Å². The number of hydrogen-bond donors (Lipinski definition) is 1. The van der Waals surface area contributed by atoms with Gasteiger partial charge in [-0.2, -0.15) is 0 Å². The Morgan fingerprint density at radius 2 is 1.94 bits per heavy atom. The van der Waals surface area contributed by atoms with Gasteiger partial charge in [0.2, 0.25) is 0 Å². The molecule has 0 aromatic heterocycles. The highest BCUT2D eigenvalue weighted by Gasteiger charge is 2.23. The fourth-order valence-corrected chi connectivity index (χ4v) is 1.12.